The first-order chi connectivity index (χ1) is 13.3. The Morgan fingerprint density at radius 3 is 2.75 bits per heavy atom. The molecule has 154 valence electrons. The van der Waals surface area contributed by atoms with Crippen LogP contribution in [-0.2, 0) is 16.1 Å². The molecular weight excluding hydrogens is 442 g/mol. The second-order valence-corrected chi connectivity index (χ2v) is 9.09. The summed E-state index contributed by atoms with van der Waals surface area (Å²) in [7, 11) is 1.59. The van der Waals surface area contributed by atoms with E-state index in [-0.39, 0.29) is 23.3 Å². The van der Waals surface area contributed by atoms with Crippen LogP contribution in [-0.4, -0.2) is 41.0 Å². The molecule has 0 aliphatic heterocycles. The van der Waals surface area contributed by atoms with E-state index >= 15 is 0 Å². The number of halogens is 1. The van der Waals surface area contributed by atoms with Crippen LogP contribution in [0.15, 0.2) is 32.6 Å². The lowest BCUT2D eigenvalue weighted by molar-refractivity contribution is -0.119. The summed E-state index contributed by atoms with van der Waals surface area (Å²) in [4.78, 5) is 29.8. The lowest BCUT2D eigenvalue weighted by Crippen LogP contribution is -2.34. The number of benzene rings is 1. The van der Waals surface area contributed by atoms with Crippen molar-refractivity contribution in [1.82, 2.24) is 14.9 Å². The monoisotopic (exact) mass is 469 g/mol. The number of ether oxygens (including phenoxy) is 1. The van der Waals surface area contributed by atoms with Crippen LogP contribution in [0.5, 0.6) is 0 Å². The zero-order chi connectivity index (χ0) is 20.7. The SMILES string of the molecule is COCCn1c(SCC(=O)NC(C)CCC(C)C)nc2ccc(Br)cc2c1=O. The minimum atomic E-state index is -0.128. The van der Waals surface area contributed by atoms with Gasteiger partial charge in [0.2, 0.25) is 5.91 Å². The van der Waals surface area contributed by atoms with Crippen molar-refractivity contribution in [3.63, 3.8) is 0 Å². The Morgan fingerprint density at radius 2 is 2.07 bits per heavy atom. The molecule has 2 rings (SSSR count). The molecule has 0 saturated heterocycles. The van der Waals surface area contributed by atoms with Crippen molar-refractivity contribution >= 4 is 44.5 Å². The second kappa shape index (κ2) is 11.0. The second-order valence-electron chi connectivity index (χ2n) is 7.23. The molecule has 6 nitrogen and oxygen atoms in total. The van der Waals surface area contributed by atoms with Gasteiger partial charge in [-0.05, 0) is 43.9 Å². The highest BCUT2D eigenvalue weighted by molar-refractivity contribution is 9.10. The van der Waals surface area contributed by atoms with Crippen molar-refractivity contribution in [1.29, 1.82) is 0 Å². The molecule has 0 aliphatic carbocycles. The molecule has 2 aromatic rings. The average Bonchev–Trinajstić information content (AvgIpc) is 2.64. The Morgan fingerprint density at radius 1 is 1.32 bits per heavy atom. The zero-order valence-corrected chi connectivity index (χ0v) is 19.2. The summed E-state index contributed by atoms with van der Waals surface area (Å²) >= 11 is 4.68. The molecule has 0 spiro atoms. The first kappa shape index (κ1) is 22.9. The van der Waals surface area contributed by atoms with Gasteiger partial charge in [-0.1, -0.05) is 41.5 Å². The van der Waals surface area contributed by atoms with Gasteiger partial charge in [-0.15, -0.1) is 0 Å². The number of fused-ring (bicyclic) bond motifs is 1. The summed E-state index contributed by atoms with van der Waals surface area (Å²) in [5.41, 5.74) is 0.492. The highest BCUT2D eigenvalue weighted by Crippen LogP contribution is 2.20. The van der Waals surface area contributed by atoms with Crippen LogP contribution < -0.4 is 10.9 Å². The predicted molar refractivity (Wildman–Crippen MR) is 118 cm³/mol. The number of carbonyl (C=O) groups excluding carboxylic acids is 1. The quantitative estimate of drug-likeness (QED) is 0.422. The fraction of sp³-hybridized carbons (Fsp3) is 0.550. The molecule has 1 unspecified atom stereocenters. The number of hydrogen-bond donors (Lipinski definition) is 1. The van der Waals surface area contributed by atoms with Crippen LogP contribution in [0.3, 0.4) is 0 Å². The van der Waals surface area contributed by atoms with Crippen molar-refractivity contribution < 1.29 is 9.53 Å². The van der Waals surface area contributed by atoms with Crippen molar-refractivity contribution in [3.05, 3.63) is 33.0 Å². The van der Waals surface area contributed by atoms with E-state index in [0.717, 1.165) is 17.3 Å². The van der Waals surface area contributed by atoms with E-state index < -0.39 is 0 Å². The van der Waals surface area contributed by atoms with E-state index in [4.69, 9.17) is 4.74 Å². The normalized spacial score (nSPS) is 12.5. The molecule has 28 heavy (non-hydrogen) atoms. The predicted octanol–water partition coefficient (Wildman–Crippen LogP) is 3.84. The number of nitrogens with one attached hydrogen (secondary N) is 1. The van der Waals surface area contributed by atoms with Crippen molar-refractivity contribution in [2.45, 2.75) is 51.4 Å². The standard InChI is InChI=1S/C20H28BrN3O3S/c1-13(2)5-6-14(3)22-18(25)12-28-20-23-17-8-7-15(21)11-16(17)19(26)24(20)9-10-27-4/h7-8,11,13-14H,5-6,9-10,12H2,1-4H3,(H,22,25). The maximum Gasteiger partial charge on any atom is 0.262 e. The van der Waals surface area contributed by atoms with Crippen LogP contribution in [0.1, 0.15) is 33.6 Å². The molecule has 1 aromatic heterocycles. The third kappa shape index (κ3) is 6.60. The van der Waals surface area contributed by atoms with Gasteiger partial charge in [0.05, 0.1) is 29.8 Å². The summed E-state index contributed by atoms with van der Waals surface area (Å²) in [6, 6.07) is 5.56. The van der Waals surface area contributed by atoms with E-state index in [2.05, 4.69) is 40.1 Å². The first-order valence-electron chi connectivity index (χ1n) is 9.43. The van der Waals surface area contributed by atoms with Crippen LogP contribution in [0, 0.1) is 5.92 Å². The number of hydrogen-bond acceptors (Lipinski definition) is 5. The molecule has 1 amide bonds. The molecular formula is C20H28BrN3O3S. The van der Waals surface area contributed by atoms with E-state index in [9.17, 15) is 9.59 Å². The average molecular weight is 470 g/mol. The highest BCUT2D eigenvalue weighted by Gasteiger charge is 2.15. The van der Waals surface area contributed by atoms with E-state index in [1.165, 1.54) is 11.8 Å². The third-order valence-corrected chi connectivity index (χ3v) is 5.79. The zero-order valence-electron chi connectivity index (χ0n) is 16.8. The molecule has 1 atom stereocenters. The minimum Gasteiger partial charge on any atom is -0.383 e. The van der Waals surface area contributed by atoms with Crippen molar-refractivity contribution in [3.8, 4) is 0 Å². The summed E-state index contributed by atoms with van der Waals surface area (Å²) in [5, 5.41) is 4.09. The number of aromatic nitrogens is 2. The highest BCUT2D eigenvalue weighted by atomic mass is 79.9. The summed E-state index contributed by atoms with van der Waals surface area (Å²) < 4.78 is 7.54. The van der Waals surface area contributed by atoms with Crippen LogP contribution in [0.25, 0.3) is 10.9 Å². The fourth-order valence-corrected chi connectivity index (χ4v) is 3.96. The number of rotatable bonds is 10. The minimum absolute atomic E-state index is 0.0512. The molecule has 0 radical (unpaired) electrons. The smallest absolute Gasteiger partial charge is 0.262 e. The topological polar surface area (TPSA) is 73.2 Å². The Labute approximate surface area is 178 Å². The molecule has 8 heteroatoms. The molecule has 0 aliphatic rings. The van der Waals surface area contributed by atoms with E-state index in [1.807, 2.05) is 13.0 Å². The van der Waals surface area contributed by atoms with E-state index in [0.29, 0.717) is 35.1 Å². The number of nitrogens with zero attached hydrogens (tertiary/aromatic N) is 2. The Kier molecular flexibility index (Phi) is 8.98. The summed E-state index contributed by atoms with van der Waals surface area (Å²) in [6.45, 7) is 7.15. The van der Waals surface area contributed by atoms with Gasteiger partial charge < -0.3 is 10.1 Å². The third-order valence-electron chi connectivity index (χ3n) is 4.32. The van der Waals surface area contributed by atoms with Gasteiger partial charge in [0.15, 0.2) is 5.16 Å². The molecule has 1 heterocycles. The maximum atomic E-state index is 12.9. The number of amides is 1. The van der Waals surface area contributed by atoms with Gasteiger partial charge in [0.1, 0.15) is 0 Å². The van der Waals surface area contributed by atoms with Gasteiger partial charge in [0, 0.05) is 17.6 Å². The molecule has 1 N–H and O–H groups in total. The Balaban J connectivity index is 2.15. The van der Waals surface area contributed by atoms with Gasteiger partial charge in [0.25, 0.3) is 5.56 Å². The van der Waals surface area contributed by atoms with Crippen LogP contribution in [0.2, 0.25) is 0 Å². The van der Waals surface area contributed by atoms with Crippen LogP contribution in [0.4, 0.5) is 0 Å². The molecule has 0 fully saturated rings. The summed E-state index contributed by atoms with van der Waals surface area (Å²) in [5.74, 6) is 0.781. The lowest BCUT2D eigenvalue weighted by Gasteiger charge is -2.16. The van der Waals surface area contributed by atoms with Crippen LogP contribution >= 0.6 is 27.7 Å². The van der Waals surface area contributed by atoms with Gasteiger partial charge in [-0.25, -0.2) is 4.98 Å². The summed E-state index contributed by atoms with van der Waals surface area (Å²) in [6.07, 6.45) is 2.03. The number of carbonyl (C=O) groups is 1. The van der Waals surface area contributed by atoms with Gasteiger partial charge in [-0.3, -0.25) is 14.2 Å². The van der Waals surface area contributed by atoms with E-state index in [1.54, 1.807) is 23.8 Å². The van der Waals surface area contributed by atoms with Gasteiger partial charge >= 0.3 is 0 Å². The Hall–Kier alpha value is -1.38. The van der Waals surface area contributed by atoms with Gasteiger partial charge in [-0.2, -0.15) is 0 Å². The lowest BCUT2D eigenvalue weighted by atomic mass is 10.0. The molecule has 0 bridgehead atoms. The largest absolute Gasteiger partial charge is 0.383 e. The number of methoxy groups -OCH3 is 1. The van der Waals surface area contributed by atoms with Crippen molar-refractivity contribution in [2.75, 3.05) is 19.5 Å². The fourth-order valence-electron chi connectivity index (χ4n) is 2.76. The molecule has 0 saturated carbocycles. The Bertz CT molecular complexity index is 870. The molecule has 1 aromatic carbocycles. The maximum absolute atomic E-state index is 12.9. The number of thioether (sulfide) groups is 1. The van der Waals surface area contributed by atoms with Crippen molar-refractivity contribution in [2.24, 2.45) is 5.92 Å². The first-order valence-corrected chi connectivity index (χ1v) is 11.2.